The summed E-state index contributed by atoms with van der Waals surface area (Å²) >= 11 is 0. The van der Waals surface area contributed by atoms with E-state index in [0.29, 0.717) is 22.7 Å². The highest BCUT2D eigenvalue weighted by Gasteiger charge is 2.38. The molecular weight excluding hydrogens is 349 g/mol. The van der Waals surface area contributed by atoms with Crippen LogP contribution < -0.4 is 9.64 Å². The standard InChI is InChI=1S/C21H18FNO4/c1-13-19(21(25)27-3)17(12-14-6-4-5-7-18(14)26-2)20(24)23(13)16-10-8-15(22)9-11-16/h4-12H,1-3H3. The number of nitrogens with zero attached hydrogens (tertiary/aromatic N) is 1. The van der Waals surface area contributed by atoms with Gasteiger partial charge >= 0.3 is 5.97 Å². The van der Waals surface area contributed by atoms with E-state index in [0.717, 1.165) is 0 Å². The number of carbonyl (C=O) groups excluding carboxylic acids is 2. The number of methoxy groups -OCH3 is 2. The maximum absolute atomic E-state index is 13.3. The van der Waals surface area contributed by atoms with Crippen LogP contribution in [0.1, 0.15) is 12.5 Å². The average molecular weight is 367 g/mol. The van der Waals surface area contributed by atoms with Crippen LogP contribution in [0.25, 0.3) is 6.08 Å². The van der Waals surface area contributed by atoms with Crippen molar-refractivity contribution in [2.24, 2.45) is 0 Å². The number of ether oxygens (including phenoxy) is 2. The number of benzene rings is 2. The zero-order chi connectivity index (χ0) is 19.6. The lowest BCUT2D eigenvalue weighted by Gasteiger charge is -2.17. The second-order valence-corrected chi connectivity index (χ2v) is 5.87. The number of para-hydroxylation sites is 1. The van der Waals surface area contributed by atoms with Crippen LogP contribution in [0.3, 0.4) is 0 Å². The van der Waals surface area contributed by atoms with Crippen molar-refractivity contribution < 1.29 is 23.5 Å². The molecule has 5 nitrogen and oxygen atoms in total. The molecule has 0 atom stereocenters. The van der Waals surface area contributed by atoms with E-state index in [1.165, 1.54) is 43.4 Å². The summed E-state index contributed by atoms with van der Waals surface area (Å²) in [4.78, 5) is 26.8. The minimum Gasteiger partial charge on any atom is -0.496 e. The minimum absolute atomic E-state index is 0.165. The highest BCUT2D eigenvalue weighted by Crippen LogP contribution is 2.36. The minimum atomic E-state index is -0.619. The Balaban J connectivity index is 2.16. The Morgan fingerprint density at radius 3 is 2.37 bits per heavy atom. The molecule has 1 aliphatic rings. The fourth-order valence-electron chi connectivity index (χ4n) is 3.02. The molecule has 138 valence electrons. The lowest BCUT2D eigenvalue weighted by molar-refractivity contribution is -0.136. The van der Waals surface area contributed by atoms with E-state index in [4.69, 9.17) is 9.47 Å². The summed E-state index contributed by atoms with van der Waals surface area (Å²) in [6, 6.07) is 12.6. The molecule has 0 spiro atoms. The second kappa shape index (κ2) is 7.45. The largest absolute Gasteiger partial charge is 0.496 e. The molecule has 0 saturated carbocycles. The van der Waals surface area contributed by atoms with Crippen LogP contribution in [0.15, 0.2) is 65.4 Å². The van der Waals surface area contributed by atoms with Crippen LogP contribution in [-0.4, -0.2) is 26.1 Å². The van der Waals surface area contributed by atoms with Crippen molar-refractivity contribution in [1.82, 2.24) is 0 Å². The number of allylic oxidation sites excluding steroid dienone is 1. The van der Waals surface area contributed by atoms with Crippen LogP contribution in [0.2, 0.25) is 0 Å². The summed E-state index contributed by atoms with van der Waals surface area (Å²) in [5, 5.41) is 0. The highest BCUT2D eigenvalue weighted by atomic mass is 19.1. The zero-order valence-electron chi connectivity index (χ0n) is 15.2. The number of anilines is 1. The first-order chi connectivity index (χ1) is 13.0. The van der Waals surface area contributed by atoms with Gasteiger partial charge in [0.15, 0.2) is 0 Å². The Labute approximate surface area is 156 Å². The Morgan fingerprint density at radius 1 is 1.07 bits per heavy atom. The molecule has 1 heterocycles. The molecule has 0 N–H and O–H groups in total. The van der Waals surface area contributed by atoms with Crippen molar-refractivity contribution in [3.05, 3.63) is 76.8 Å². The third-order valence-electron chi connectivity index (χ3n) is 4.31. The smallest absolute Gasteiger partial charge is 0.340 e. The maximum atomic E-state index is 13.3. The summed E-state index contributed by atoms with van der Waals surface area (Å²) in [6.07, 6.45) is 1.60. The molecule has 0 aromatic heterocycles. The lowest BCUT2D eigenvalue weighted by Crippen LogP contribution is -2.24. The molecule has 1 amide bonds. The van der Waals surface area contributed by atoms with E-state index >= 15 is 0 Å². The molecule has 27 heavy (non-hydrogen) atoms. The van der Waals surface area contributed by atoms with Gasteiger partial charge < -0.3 is 9.47 Å². The predicted octanol–water partition coefficient (Wildman–Crippen LogP) is 3.71. The molecular formula is C21H18FNO4. The SMILES string of the molecule is COC(=O)C1=C(C)N(c2ccc(F)cc2)C(=O)C1=Cc1ccccc1OC. The summed E-state index contributed by atoms with van der Waals surface area (Å²) in [7, 11) is 2.79. The van der Waals surface area contributed by atoms with Gasteiger partial charge in [-0.15, -0.1) is 0 Å². The van der Waals surface area contributed by atoms with E-state index in [9.17, 15) is 14.0 Å². The van der Waals surface area contributed by atoms with Crippen LogP contribution in [0.4, 0.5) is 10.1 Å². The monoisotopic (exact) mass is 367 g/mol. The third kappa shape index (κ3) is 3.33. The van der Waals surface area contributed by atoms with Gasteiger partial charge in [0.25, 0.3) is 5.91 Å². The average Bonchev–Trinajstić information content (AvgIpc) is 2.92. The molecule has 0 fully saturated rings. The van der Waals surface area contributed by atoms with Crippen LogP contribution in [0.5, 0.6) is 5.75 Å². The molecule has 0 aliphatic carbocycles. The quantitative estimate of drug-likeness (QED) is 0.611. The molecule has 0 bridgehead atoms. The first-order valence-corrected chi connectivity index (χ1v) is 8.22. The summed E-state index contributed by atoms with van der Waals surface area (Å²) in [5.74, 6) is -0.859. The maximum Gasteiger partial charge on any atom is 0.340 e. The predicted molar refractivity (Wildman–Crippen MR) is 99.6 cm³/mol. The number of hydrogen-bond acceptors (Lipinski definition) is 4. The van der Waals surface area contributed by atoms with Crippen LogP contribution in [-0.2, 0) is 14.3 Å². The van der Waals surface area contributed by atoms with E-state index in [1.54, 1.807) is 31.2 Å². The van der Waals surface area contributed by atoms with Gasteiger partial charge in [-0.3, -0.25) is 9.69 Å². The van der Waals surface area contributed by atoms with E-state index in [-0.39, 0.29) is 11.1 Å². The summed E-state index contributed by atoms with van der Waals surface area (Å²) < 4.78 is 23.5. The van der Waals surface area contributed by atoms with Crippen molar-refractivity contribution in [3.8, 4) is 5.75 Å². The van der Waals surface area contributed by atoms with Gasteiger partial charge in [0.05, 0.1) is 25.4 Å². The van der Waals surface area contributed by atoms with Gasteiger partial charge in [-0.2, -0.15) is 0 Å². The van der Waals surface area contributed by atoms with Gasteiger partial charge in [0.1, 0.15) is 11.6 Å². The summed E-state index contributed by atoms with van der Waals surface area (Å²) in [5.41, 5.74) is 1.88. The third-order valence-corrected chi connectivity index (χ3v) is 4.31. The first-order valence-electron chi connectivity index (χ1n) is 8.22. The number of hydrogen-bond donors (Lipinski definition) is 0. The number of esters is 1. The molecule has 0 unspecified atom stereocenters. The molecule has 2 aromatic rings. The number of amides is 1. The highest BCUT2D eigenvalue weighted by molar-refractivity contribution is 6.23. The number of rotatable bonds is 4. The van der Waals surface area contributed by atoms with Crippen molar-refractivity contribution in [1.29, 1.82) is 0 Å². The molecule has 0 radical (unpaired) electrons. The van der Waals surface area contributed by atoms with Crippen LogP contribution in [0, 0.1) is 5.82 Å². The topological polar surface area (TPSA) is 55.8 Å². The number of halogens is 1. The van der Waals surface area contributed by atoms with E-state index < -0.39 is 17.7 Å². The number of carbonyl (C=O) groups is 2. The Kier molecular flexibility index (Phi) is 5.07. The Hall–Kier alpha value is -3.41. The van der Waals surface area contributed by atoms with E-state index in [1.807, 2.05) is 6.07 Å². The van der Waals surface area contributed by atoms with Crippen molar-refractivity contribution in [2.75, 3.05) is 19.1 Å². The van der Waals surface area contributed by atoms with Gasteiger partial charge in [-0.25, -0.2) is 9.18 Å². The van der Waals surface area contributed by atoms with E-state index in [2.05, 4.69) is 0 Å². The normalized spacial score (nSPS) is 15.5. The van der Waals surface area contributed by atoms with Crippen molar-refractivity contribution in [3.63, 3.8) is 0 Å². The summed E-state index contributed by atoms with van der Waals surface area (Å²) in [6.45, 7) is 1.65. The van der Waals surface area contributed by atoms with Gasteiger partial charge in [-0.1, -0.05) is 18.2 Å². The first kappa shape index (κ1) is 18.4. The fraction of sp³-hybridized carbons (Fsp3) is 0.143. The zero-order valence-corrected chi connectivity index (χ0v) is 15.2. The fourth-order valence-corrected chi connectivity index (χ4v) is 3.02. The molecule has 0 saturated heterocycles. The molecule has 3 rings (SSSR count). The molecule has 2 aromatic carbocycles. The Morgan fingerprint density at radius 2 is 1.74 bits per heavy atom. The van der Waals surface area contributed by atoms with Crippen LogP contribution >= 0.6 is 0 Å². The second-order valence-electron chi connectivity index (χ2n) is 5.87. The molecule has 1 aliphatic heterocycles. The molecule has 6 heteroatoms. The van der Waals surface area contributed by atoms with Gasteiger partial charge in [0, 0.05) is 16.9 Å². The lowest BCUT2D eigenvalue weighted by atomic mass is 10.0. The van der Waals surface area contributed by atoms with Crippen molar-refractivity contribution in [2.45, 2.75) is 6.92 Å². The Bertz CT molecular complexity index is 960. The van der Waals surface area contributed by atoms with Gasteiger partial charge in [-0.05, 0) is 43.3 Å². The van der Waals surface area contributed by atoms with Gasteiger partial charge in [0.2, 0.25) is 0 Å². The van der Waals surface area contributed by atoms with Crippen molar-refractivity contribution >= 4 is 23.6 Å².